The van der Waals surface area contributed by atoms with E-state index in [1.54, 1.807) is 6.33 Å². The molecule has 6 nitrogen and oxygen atoms in total. The van der Waals surface area contributed by atoms with Gasteiger partial charge < -0.3 is 14.4 Å². The average Bonchev–Trinajstić information content (AvgIpc) is 3.18. The fraction of sp³-hybridized carbons (Fsp3) is 0. The molecule has 0 aliphatic heterocycles. The summed E-state index contributed by atoms with van der Waals surface area (Å²) in [5.41, 5.74) is 3.66. The number of imidazole rings is 1. The number of H-pyrrole nitrogens is 2. The highest BCUT2D eigenvalue weighted by molar-refractivity contribution is 9.10. The molecule has 3 heterocycles. The van der Waals surface area contributed by atoms with Gasteiger partial charge in [-0.15, -0.1) is 0 Å². The van der Waals surface area contributed by atoms with Crippen molar-refractivity contribution in [2.45, 2.75) is 0 Å². The highest BCUT2D eigenvalue weighted by Gasteiger charge is 2.14. The fourth-order valence-corrected chi connectivity index (χ4v) is 3.21. The second-order valence-electron chi connectivity index (χ2n) is 5.47. The molecule has 0 saturated carbocycles. The number of fused-ring (bicyclic) bond motifs is 4. The van der Waals surface area contributed by atoms with Crippen LogP contribution in [-0.2, 0) is 0 Å². The molecule has 0 amide bonds. The van der Waals surface area contributed by atoms with Gasteiger partial charge in [0, 0.05) is 15.4 Å². The van der Waals surface area contributed by atoms with Gasteiger partial charge in [0.05, 0.1) is 17.4 Å². The number of furan rings is 1. The number of rotatable bonds is 1. The molecule has 0 aliphatic rings. The zero-order chi connectivity index (χ0) is 16.3. The minimum Gasteiger partial charge on any atom is -0.449 e. The third-order valence-electron chi connectivity index (χ3n) is 3.98. The molecule has 116 valence electrons. The van der Waals surface area contributed by atoms with Crippen LogP contribution in [0.15, 0.2) is 56.4 Å². The number of halogens is 1. The quantitative estimate of drug-likeness (QED) is 0.460. The van der Waals surface area contributed by atoms with E-state index in [4.69, 9.17) is 4.42 Å². The number of hydrogen-bond acceptors (Lipinski definition) is 4. The highest BCUT2D eigenvalue weighted by atomic mass is 79.9. The summed E-state index contributed by atoms with van der Waals surface area (Å²) in [7, 11) is 0. The Bertz CT molecular complexity index is 1300. The van der Waals surface area contributed by atoms with Crippen LogP contribution in [0.2, 0.25) is 0 Å². The molecular weight excluding hydrogens is 372 g/mol. The standard InChI is InChI=1S/C17H9BrN4O2/c18-9-2-4-13-10(6-9)14-15(24-13)17(23)22-16(21-14)8-1-3-11-12(5-8)20-7-19-11/h1-7H,(H,19,20)(H,21,22,23). The van der Waals surface area contributed by atoms with Crippen molar-refractivity contribution in [3.63, 3.8) is 0 Å². The first-order chi connectivity index (χ1) is 11.7. The maximum absolute atomic E-state index is 12.4. The molecule has 0 spiro atoms. The van der Waals surface area contributed by atoms with E-state index in [9.17, 15) is 4.79 Å². The molecule has 24 heavy (non-hydrogen) atoms. The number of nitrogens with zero attached hydrogens (tertiary/aromatic N) is 2. The van der Waals surface area contributed by atoms with Gasteiger partial charge in [0.1, 0.15) is 16.9 Å². The topological polar surface area (TPSA) is 87.6 Å². The average molecular weight is 381 g/mol. The van der Waals surface area contributed by atoms with Gasteiger partial charge >= 0.3 is 0 Å². The first-order valence-corrected chi connectivity index (χ1v) is 8.04. The summed E-state index contributed by atoms with van der Waals surface area (Å²) in [5.74, 6) is 0.492. The van der Waals surface area contributed by atoms with Gasteiger partial charge in [-0.05, 0) is 36.4 Å². The third-order valence-corrected chi connectivity index (χ3v) is 4.47. The van der Waals surface area contributed by atoms with Crippen LogP contribution in [0.4, 0.5) is 0 Å². The molecule has 0 saturated heterocycles. The largest absolute Gasteiger partial charge is 0.449 e. The van der Waals surface area contributed by atoms with Crippen molar-refractivity contribution < 1.29 is 4.42 Å². The van der Waals surface area contributed by atoms with Gasteiger partial charge in [-0.3, -0.25) is 4.79 Å². The van der Waals surface area contributed by atoms with Crippen molar-refractivity contribution in [2.24, 2.45) is 0 Å². The SMILES string of the molecule is O=c1[nH]c(-c2ccc3nc[nH]c3c2)nc2c1oc1ccc(Br)cc12. The Balaban J connectivity index is 1.83. The first-order valence-electron chi connectivity index (χ1n) is 7.25. The van der Waals surface area contributed by atoms with Gasteiger partial charge in [-0.1, -0.05) is 15.9 Å². The highest BCUT2D eigenvalue weighted by Crippen LogP contribution is 2.29. The maximum Gasteiger partial charge on any atom is 0.294 e. The Kier molecular flexibility index (Phi) is 2.69. The fourth-order valence-electron chi connectivity index (χ4n) is 2.85. The Hall–Kier alpha value is -2.93. The predicted molar refractivity (Wildman–Crippen MR) is 94.9 cm³/mol. The van der Waals surface area contributed by atoms with E-state index in [0.29, 0.717) is 16.9 Å². The van der Waals surface area contributed by atoms with Crippen LogP contribution in [0.3, 0.4) is 0 Å². The van der Waals surface area contributed by atoms with Crippen molar-refractivity contribution in [3.05, 3.63) is 57.6 Å². The van der Waals surface area contributed by atoms with Crippen LogP contribution in [0.5, 0.6) is 0 Å². The van der Waals surface area contributed by atoms with Crippen molar-refractivity contribution >= 4 is 49.0 Å². The van der Waals surface area contributed by atoms with Gasteiger partial charge in [-0.2, -0.15) is 0 Å². The molecule has 7 heteroatoms. The molecule has 0 unspecified atom stereocenters. The maximum atomic E-state index is 12.4. The second kappa shape index (κ2) is 4.78. The van der Waals surface area contributed by atoms with E-state index < -0.39 is 0 Å². The van der Waals surface area contributed by atoms with Crippen molar-refractivity contribution in [1.29, 1.82) is 0 Å². The van der Waals surface area contributed by atoms with Crippen LogP contribution >= 0.6 is 15.9 Å². The summed E-state index contributed by atoms with van der Waals surface area (Å²) in [5, 5.41) is 0.800. The lowest BCUT2D eigenvalue weighted by atomic mass is 10.2. The summed E-state index contributed by atoms with van der Waals surface area (Å²) in [6, 6.07) is 11.3. The molecular formula is C17H9BrN4O2. The van der Waals surface area contributed by atoms with Gasteiger partial charge in [-0.25, -0.2) is 9.97 Å². The molecule has 0 radical (unpaired) electrons. The zero-order valence-electron chi connectivity index (χ0n) is 12.1. The molecule has 0 atom stereocenters. The molecule has 3 aromatic heterocycles. The Labute approximate surface area is 142 Å². The predicted octanol–water partition coefficient (Wildman–Crippen LogP) is 3.98. The molecule has 0 bridgehead atoms. The molecule has 5 rings (SSSR count). The molecule has 2 N–H and O–H groups in total. The van der Waals surface area contributed by atoms with E-state index in [1.807, 2.05) is 36.4 Å². The minimum atomic E-state index is -0.299. The van der Waals surface area contributed by atoms with E-state index in [2.05, 4.69) is 35.9 Å². The van der Waals surface area contributed by atoms with Crippen molar-refractivity contribution in [2.75, 3.05) is 0 Å². The van der Waals surface area contributed by atoms with Crippen LogP contribution in [-0.4, -0.2) is 19.9 Å². The number of aromatic nitrogens is 4. The van der Waals surface area contributed by atoms with Crippen molar-refractivity contribution in [3.8, 4) is 11.4 Å². The molecule has 2 aromatic carbocycles. The van der Waals surface area contributed by atoms with E-state index in [0.717, 1.165) is 26.5 Å². The van der Waals surface area contributed by atoms with Gasteiger partial charge in [0.15, 0.2) is 0 Å². The van der Waals surface area contributed by atoms with E-state index >= 15 is 0 Å². The summed E-state index contributed by atoms with van der Waals surface area (Å²) < 4.78 is 6.55. The minimum absolute atomic E-state index is 0.231. The van der Waals surface area contributed by atoms with E-state index in [-0.39, 0.29) is 11.1 Å². The van der Waals surface area contributed by atoms with Crippen LogP contribution in [0.1, 0.15) is 0 Å². The molecule has 0 aliphatic carbocycles. The Morgan fingerprint density at radius 3 is 2.96 bits per heavy atom. The Morgan fingerprint density at radius 1 is 1.12 bits per heavy atom. The number of benzene rings is 2. The van der Waals surface area contributed by atoms with E-state index in [1.165, 1.54) is 0 Å². The normalized spacial score (nSPS) is 11.7. The number of aromatic amines is 2. The Morgan fingerprint density at radius 2 is 2.04 bits per heavy atom. The van der Waals surface area contributed by atoms with Crippen LogP contribution < -0.4 is 5.56 Å². The lowest BCUT2D eigenvalue weighted by Crippen LogP contribution is -2.08. The summed E-state index contributed by atoms with van der Waals surface area (Å²) in [6.45, 7) is 0. The van der Waals surface area contributed by atoms with Gasteiger partial charge in [0.2, 0.25) is 5.58 Å². The first kappa shape index (κ1) is 13.5. The summed E-state index contributed by atoms with van der Waals surface area (Å²) >= 11 is 3.44. The molecule has 0 fully saturated rings. The second-order valence-corrected chi connectivity index (χ2v) is 6.38. The van der Waals surface area contributed by atoms with Crippen LogP contribution in [0, 0.1) is 0 Å². The zero-order valence-corrected chi connectivity index (χ0v) is 13.7. The lowest BCUT2D eigenvalue weighted by molar-refractivity contribution is 0.661. The molecule has 5 aromatic rings. The third kappa shape index (κ3) is 1.91. The number of nitrogens with one attached hydrogen (secondary N) is 2. The lowest BCUT2D eigenvalue weighted by Gasteiger charge is -2.01. The number of hydrogen-bond donors (Lipinski definition) is 2. The van der Waals surface area contributed by atoms with Crippen molar-refractivity contribution in [1.82, 2.24) is 19.9 Å². The van der Waals surface area contributed by atoms with Gasteiger partial charge in [0.25, 0.3) is 5.56 Å². The van der Waals surface area contributed by atoms with Crippen LogP contribution in [0.25, 0.3) is 44.5 Å². The smallest absolute Gasteiger partial charge is 0.294 e. The summed E-state index contributed by atoms with van der Waals surface area (Å²) in [6.07, 6.45) is 1.63. The monoisotopic (exact) mass is 380 g/mol. The summed E-state index contributed by atoms with van der Waals surface area (Å²) in [4.78, 5) is 27.1.